The summed E-state index contributed by atoms with van der Waals surface area (Å²) >= 11 is 6.55. The smallest absolute Gasteiger partial charge is 0.335 e. The Morgan fingerprint density at radius 3 is 2.04 bits per heavy atom. The fraction of sp³-hybridized carbons (Fsp3) is 0.256. The first kappa shape index (κ1) is 31.5. The Morgan fingerprint density at radius 2 is 1.48 bits per heavy atom. The van der Waals surface area contributed by atoms with Crippen molar-refractivity contribution in [1.82, 2.24) is 5.32 Å². The van der Waals surface area contributed by atoms with Crippen molar-refractivity contribution in [2.45, 2.75) is 38.0 Å². The normalized spacial score (nSPS) is 19.6. The molecule has 1 N–H and O–H groups in total. The number of hydrogen-bond acceptors (Lipinski definition) is 6. The second kappa shape index (κ2) is 13.2. The van der Waals surface area contributed by atoms with Crippen molar-refractivity contribution in [3.05, 3.63) is 123 Å². The lowest BCUT2D eigenvalue weighted by Gasteiger charge is -2.44. The monoisotopic (exact) mass is 661 g/mol. The molecule has 244 valence electrons. The number of urea groups is 1. The van der Waals surface area contributed by atoms with Crippen LogP contribution >= 0.6 is 11.6 Å². The van der Waals surface area contributed by atoms with Gasteiger partial charge in [0.2, 0.25) is 0 Å². The molecule has 1 fully saturated rings. The number of halogens is 1. The number of barbiturate groups is 1. The van der Waals surface area contributed by atoms with Crippen LogP contribution in [0.25, 0.3) is 6.08 Å². The van der Waals surface area contributed by atoms with Gasteiger partial charge in [0, 0.05) is 30.6 Å². The maximum atomic E-state index is 14.2. The van der Waals surface area contributed by atoms with Crippen molar-refractivity contribution in [3.8, 4) is 11.5 Å². The number of hydrogen-bond donors (Lipinski definition) is 1. The molecular formula is C39H36ClN3O5. The molecule has 4 aromatic carbocycles. The fourth-order valence-corrected chi connectivity index (χ4v) is 7.47. The quantitative estimate of drug-likeness (QED) is 0.154. The van der Waals surface area contributed by atoms with Gasteiger partial charge in [-0.05, 0) is 77.4 Å². The number of ether oxygens (including phenoxy) is 2. The average molecular weight is 662 g/mol. The van der Waals surface area contributed by atoms with Crippen LogP contribution in [0, 0.1) is 0 Å². The molecule has 0 aromatic heterocycles. The maximum absolute atomic E-state index is 14.2. The van der Waals surface area contributed by atoms with E-state index < -0.39 is 17.8 Å². The van der Waals surface area contributed by atoms with Crippen molar-refractivity contribution < 1.29 is 23.9 Å². The number of rotatable bonds is 8. The molecule has 3 aliphatic heterocycles. The summed E-state index contributed by atoms with van der Waals surface area (Å²) in [6.07, 6.45) is 4.02. The second-order valence-electron chi connectivity index (χ2n) is 12.3. The highest BCUT2D eigenvalue weighted by Gasteiger charge is 2.40. The molecule has 0 saturated carbocycles. The lowest BCUT2D eigenvalue weighted by atomic mass is 9.76. The number of nitrogens with one attached hydrogen (secondary N) is 1. The van der Waals surface area contributed by atoms with Gasteiger partial charge in [-0.1, -0.05) is 79.2 Å². The molecule has 1 saturated heterocycles. The van der Waals surface area contributed by atoms with E-state index in [1.807, 2.05) is 55.5 Å². The van der Waals surface area contributed by atoms with Crippen LogP contribution in [0.3, 0.4) is 0 Å². The number of benzene rings is 4. The van der Waals surface area contributed by atoms with E-state index in [0.717, 1.165) is 48.4 Å². The Hall–Kier alpha value is -5.08. The SMILES string of the molecule is CCCOc1c(Cl)cc(/C=C2\C(=O)NC(=O)N(c3cc4c5c(c3)[C@H](c3ccccc3)CCN5CC[C@H]4c3ccccc3)C2=O)cc1OC. The molecule has 0 unspecified atom stereocenters. The Morgan fingerprint density at radius 1 is 0.875 bits per heavy atom. The highest BCUT2D eigenvalue weighted by molar-refractivity contribution is 6.39. The van der Waals surface area contributed by atoms with Gasteiger partial charge < -0.3 is 14.4 Å². The minimum absolute atomic E-state index is 0.0771. The highest BCUT2D eigenvalue weighted by Crippen LogP contribution is 2.50. The molecule has 0 aliphatic carbocycles. The number of imide groups is 2. The van der Waals surface area contributed by atoms with Gasteiger partial charge >= 0.3 is 6.03 Å². The van der Waals surface area contributed by atoms with Crippen molar-refractivity contribution in [2.24, 2.45) is 0 Å². The third-order valence-electron chi connectivity index (χ3n) is 9.37. The summed E-state index contributed by atoms with van der Waals surface area (Å²) < 4.78 is 11.3. The topological polar surface area (TPSA) is 88.2 Å². The van der Waals surface area contributed by atoms with Gasteiger partial charge in [-0.15, -0.1) is 0 Å². The molecule has 4 amide bonds. The van der Waals surface area contributed by atoms with E-state index in [2.05, 4.69) is 34.5 Å². The molecule has 48 heavy (non-hydrogen) atoms. The van der Waals surface area contributed by atoms with Gasteiger partial charge in [0.25, 0.3) is 11.8 Å². The summed E-state index contributed by atoms with van der Waals surface area (Å²) in [6, 6.07) is 27.1. The van der Waals surface area contributed by atoms with Crippen molar-refractivity contribution in [1.29, 1.82) is 0 Å². The fourth-order valence-electron chi connectivity index (χ4n) is 7.19. The lowest BCUT2D eigenvalue weighted by molar-refractivity contribution is -0.122. The third kappa shape index (κ3) is 5.70. The summed E-state index contributed by atoms with van der Waals surface area (Å²) in [5.41, 5.74) is 6.36. The Kier molecular flexibility index (Phi) is 8.67. The predicted molar refractivity (Wildman–Crippen MR) is 187 cm³/mol. The molecule has 8 nitrogen and oxygen atoms in total. The summed E-state index contributed by atoms with van der Waals surface area (Å²) in [6.45, 7) is 4.26. The van der Waals surface area contributed by atoms with Crippen LogP contribution in [-0.4, -0.2) is 44.7 Å². The van der Waals surface area contributed by atoms with E-state index in [-0.39, 0.29) is 22.4 Å². The van der Waals surface area contributed by atoms with Crippen LogP contribution < -0.4 is 24.6 Å². The zero-order valence-electron chi connectivity index (χ0n) is 26.9. The second-order valence-corrected chi connectivity index (χ2v) is 12.7. The summed E-state index contributed by atoms with van der Waals surface area (Å²) in [5.74, 6) is -0.582. The molecule has 0 spiro atoms. The molecule has 2 atom stereocenters. The standard InChI is InChI=1S/C39H36ClN3O5/c1-3-18-48-36-33(40)20-24(21-34(36)47-2)19-32-37(44)41-39(46)43(38(32)45)27-22-30-28(25-10-6-4-7-11-25)14-16-42-17-15-29(31(23-27)35(30)42)26-12-8-5-9-13-26/h4-13,19-23,28-29H,3,14-18H2,1-2H3,(H,41,44,46)/b32-19+/t28-,29-/m0/s1. The molecule has 9 heteroatoms. The van der Waals surface area contributed by atoms with E-state index >= 15 is 0 Å². The van der Waals surface area contributed by atoms with Crippen LogP contribution in [0.1, 0.15) is 65.8 Å². The van der Waals surface area contributed by atoms with Crippen LogP contribution in [-0.2, 0) is 9.59 Å². The van der Waals surface area contributed by atoms with Crippen LogP contribution in [0.2, 0.25) is 5.02 Å². The largest absolute Gasteiger partial charge is 0.493 e. The van der Waals surface area contributed by atoms with Crippen molar-refractivity contribution in [2.75, 3.05) is 36.6 Å². The van der Waals surface area contributed by atoms with Crippen molar-refractivity contribution >= 4 is 46.9 Å². The molecular weight excluding hydrogens is 626 g/mol. The zero-order valence-corrected chi connectivity index (χ0v) is 27.6. The van der Waals surface area contributed by atoms with E-state index in [1.54, 1.807) is 12.1 Å². The minimum Gasteiger partial charge on any atom is -0.493 e. The third-order valence-corrected chi connectivity index (χ3v) is 9.65. The van der Waals surface area contributed by atoms with Gasteiger partial charge in [-0.3, -0.25) is 14.9 Å². The predicted octanol–water partition coefficient (Wildman–Crippen LogP) is 7.68. The number of carbonyl (C=O) groups is 3. The lowest BCUT2D eigenvalue weighted by Crippen LogP contribution is -2.54. The van der Waals surface area contributed by atoms with Gasteiger partial charge in [-0.25, -0.2) is 9.69 Å². The first-order valence-corrected chi connectivity index (χ1v) is 16.7. The number of carbonyl (C=O) groups excluding carboxylic acids is 3. The summed E-state index contributed by atoms with van der Waals surface area (Å²) in [5, 5.41) is 2.68. The minimum atomic E-state index is -0.788. The first-order valence-electron chi connectivity index (χ1n) is 16.3. The maximum Gasteiger partial charge on any atom is 0.335 e. The number of nitrogens with zero attached hydrogens (tertiary/aromatic N) is 2. The van der Waals surface area contributed by atoms with Gasteiger partial charge in [-0.2, -0.15) is 0 Å². The van der Waals surface area contributed by atoms with Crippen LogP contribution in [0.4, 0.5) is 16.2 Å². The van der Waals surface area contributed by atoms with E-state index in [9.17, 15) is 14.4 Å². The summed E-state index contributed by atoms with van der Waals surface area (Å²) in [4.78, 5) is 44.5. The van der Waals surface area contributed by atoms with Gasteiger partial charge in [0.1, 0.15) is 5.57 Å². The van der Waals surface area contributed by atoms with E-state index in [1.165, 1.54) is 30.0 Å². The number of anilines is 2. The molecule has 0 bridgehead atoms. The Labute approximate surface area is 284 Å². The summed E-state index contributed by atoms with van der Waals surface area (Å²) in [7, 11) is 1.50. The van der Waals surface area contributed by atoms with Gasteiger partial charge in [0.05, 0.1) is 24.4 Å². The Bertz CT molecular complexity index is 1850. The van der Waals surface area contributed by atoms with Gasteiger partial charge in [0.15, 0.2) is 11.5 Å². The molecule has 3 heterocycles. The zero-order chi connectivity index (χ0) is 33.4. The number of amides is 4. The van der Waals surface area contributed by atoms with Crippen LogP contribution in [0.15, 0.2) is 90.5 Å². The molecule has 0 radical (unpaired) electrons. The molecule has 4 aromatic rings. The van der Waals surface area contributed by atoms with Crippen LogP contribution in [0.5, 0.6) is 11.5 Å². The van der Waals surface area contributed by atoms with Crippen molar-refractivity contribution in [3.63, 3.8) is 0 Å². The van der Waals surface area contributed by atoms with E-state index in [4.69, 9.17) is 21.1 Å². The first-order chi connectivity index (χ1) is 23.4. The average Bonchev–Trinajstić information content (AvgIpc) is 3.10. The Balaban J connectivity index is 1.35. The number of methoxy groups -OCH3 is 1. The highest BCUT2D eigenvalue weighted by atomic mass is 35.5. The molecule has 3 aliphatic rings. The van der Waals surface area contributed by atoms with E-state index in [0.29, 0.717) is 29.4 Å². The molecule has 7 rings (SSSR count).